The SMILES string of the molecule is CCc1ccc(NC(=O)Cn2c(=O)n(-c3ccc(CC(=O)NCc4ccco4)cc3)c(=O)c3ccccc32)cc1. The number of benzene rings is 3. The molecule has 0 fully saturated rings. The third kappa shape index (κ3) is 5.78. The summed E-state index contributed by atoms with van der Waals surface area (Å²) in [6.07, 6.45) is 2.55. The van der Waals surface area contributed by atoms with Crippen LogP contribution in [0.4, 0.5) is 5.69 Å². The zero-order valence-electron chi connectivity index (χ0n) is 21.9. The van der Waals surface area contributed by atoms with Gasteiger partial charge in [0.05, 0.1) is 35.8 Å². The topological polar surface area (TPSA) is 115 Å². The summed E-state index contributed by atoms with van der Waals surface area (Å²) in [7, 11) is 0. The molecule has 2 amide bonds. The van der Waals surface area contributed by atoms with Crippen LogP contribution in [0.5, 0.6) is 0 Å². The number of aromatic nitrogens is 2. The Morgan fingerprint density at radius 2 is 1.55 bits per heavy atom. The van der Waals surface area contributed by atoms with Crippen molar-refractivity contribution in [1.29, 1.82) is 0 Å². The molecule has 0 saturated carbocycles. The largest absolute Gasteiger partial charge is 0.467 e. The fraction of sp³-hybridized carbons (Fsp3) is 0.161. The van der Waals surface area contributed by atoms with Gasteiger partial charge in [0, 0.05) is 5.69 Å². The maximum Gasteiger partial charge on any atom is 0.336 e. The maximum atomic E-state index is 13.6. The summed E-state index contributed by atoms with van der Waals surface area (Å²) in [6, 6.07) is 24.4. The Hall–Kier alpha value is -5.18. The number of fused-ring (bicyclic) bond motifs is 1. The smallest absolute Gasteiger partial charge is 0.336 e. The van der Waals surface area contributed by atoms with Crippen LogP contribution in [-0.4, -0.2) is 20.9 Å². The van der Waals surface area contributed by atoms with Crippen molar-refractivity contribution in [2.24, 2.45) is 0 Å². The Labute approximate surface area is 229 Å². The molecule has 9 heteroatoms. The van der Waals surface area contributed by atoms with Crippen LogP contribution < -0.4 is 21.9 Å². The molecule has 5 aromatic rings. The highest BCUT2D eigenvalue weighted by molar-refractivity contribution is 5.91. The number of carbonyl (C=O) groups is 2. The van der Waals surface area contributed by atoms with Gasteiger partial charge in [0.2, 0.25) is 11.8 Å². The molecule has 202 valence electrons. The molecule has 0 radical (unpaired) electrons. The van der Waals surface area contributed by atoms with Crippen LogP contribution in [0.1, 0.15) is 23.8 Å². The predicted molar refractivity (Wildman–Crippen MR) is 153 cm³/mol. The van der Waals surface area contributed by atoms with Crippen LogP contribution in [0.3, 0.4) is 0 Å². The lowest BCUT2D eigenvalue weighted by molar-refractivity contribution is -0.120. The number of hydrogen-bond acceptors (Lipinski definition) is 5. The minimum atomic E-state index is -0.635. The summed E-state index contributed by atoms with van der Waals surface area (Å²) in [5.41, 5.74) is 2.06. The van der Waals surface area contributed by atoms with Crippen LogP contribution in [-0.2, 0) is 35.5 Å². The molecule has 9 nitrogen and oxygen atoms in total. The highest BCUT2D eigenvalue weighted by Gasteiger charge is 2.17. The lowest BCUT2D eigenvalue weighted by Gasteiger charge is -2.14. The first-order chi connectivity index (χ1) is 19.4. The zero-order chi connectivity index (χ0) is 28.1. The molecule has 0 spiro atoms. The Morgan fingerprint density at radius 3 is 2.25 bits per heavy atom. The maximum absolute atomic E-state index is 13.6. The molecule has 0 aliphatic heterocycles. The van der Waals surface area contributed by atoms with Gasteiger partial charge in [0.15, 0.2) is 0 Å². The van der Waals surface area contributed by atoms with E-state index in [1.54, 1.807) is 66.9 Å². The zero-order valence-corrected chi connectivity index (χ0v) is 21.9. The molecule has 40 heavy (non-hydrogen) atoms. The number of aryl methyl sites for hydroxylation is 1. The van der Waals surface area contributed by atoms with Gasteiger partial charge in [-0.1, -0.05) is 43.3 Å². The third-order valence-electron chi connectivity index (χ3n) is 6.60. The van der Waals surface area contributed by atoms with Gasteiger partial charge in [-0.15, -0.1) is 0 Å². The van der Waals surface area contributed by atoms with Crippen molar-refractivity contribution in [2.75, 3.05) is 5.32 Å². The van der Waals surface area contributed by atoms with Gasteiger partial charge in [-0.3, -0.25) is 19.0 Å². The highest BCUT2D eigenvalue weighted by atomic mass is 16.3. The second kappa shape index (κ2) is 11.7. The molecule has 0 bridgehead atoms. The van der Waals surface area contributed by atoms with E-state index in [0.29, 0.717) is 33.6 Å². The van der Waals surface area contributed by atoms with Gasteiger partial charge < -0.3 is 15.1 Å². The standard InChI is InChI=1S/C31H28N4O5/c1-2-21-9-13-23(14-10-21)33-29(37)20-34-27-8-4-3-7-26(27)30(38)35(31(34)39)24-15-11-22(12-16-24)18-28(36)32-19-25-6-5-17-40-25/h3-17H,2,18-20H2,1H3,(H,32,36)(H,33,37). The van der Waals surface area contributed by atoms with Gasteiger partial charge in [0.1, 0.15) is 12.3 Å². The van der Waals surface area contributed by atoms with Crippen molar-refractivity contribution in [2.45, 2.75) is 32.9 Å². The predicted octanol–water partition coefficient (Wildman–Crippen LogP) is 3.81. The fourth-order valence-electron chi connectivity index (χ4n) is 4.48. The fourth-order valence-corrected chi connectivity index (χ4v) is 4.48. The summed E-state index contributed by atoms with van der Waals surface area (Å²) in [4.78, 5) is 52.3. The highest BCUT2D eigenvalue weighted by Crippen LogP contribution is 2.14. The van der Waals surface area contributed by atoms with Crippen LogP contribution >= 0.6 is 0 Å². The van der Waals surface area contributed by atoms with E-state index in [9.17, 15) is 19.2 Å². The van der Waals surface area contributed by atoms with Crippen molar-refractivity contribution in [3.8, 4) is 5.69 Å². The number of para-hydroxylation sites is 1. The molecule has 2 N–H and O–H groups in total. The van der Waals surface area contributed by atoms with E-state index >= 15 is 0 Å². The monoisotopic (exact) mass is 536 g/mol. The quantitative estimate of drug-likeness (QED) is 0.297. The lowest BCUT2D eigenvalue weighted by atomic mass is 10.1. The van der Waals surface area contributed by atoms with E-state index in [4.69, 9.17) is 4.42 Å². The number of amides is 2. The minimum absolute atomic E-state index is 0.122. The van der Waals surface area contributed by atoms with E-state index in [1.807, 2.05) is 24.3 Å². The van der Waals surface area contributed by atoms with E-state index in [-0.39, 0.29) is 25.4 Å². The van der Waals surface area contributed by atoms with Crippen LogP contribution in [0.15, 0.2) is 105 Å². The second-order valence-electron chi connectivity index (χ2n) is 9.32. The molecule has 2 heterocycles. The van der Waals surface area contributed by atoms with Gasteiger partial charge in [-0.25, -0.2) is 9.36 Å². The Morgan fingerprint density at radius 1 is 0.825 bits per heavy atom. The lowest BCUT2D eigenvalue weighted by Crippen LogP contribution is -2.40. The van der Waals surface area contributed by atoms with Gasteiger partial charge in [-0.2, -0.15) is 0 Å². The summed E-state index contributed by atoms with van der Waals surface area (Å²) in [5.74, 6) is 0.0704. The van der Waals surface area contributed by atoms with Crippen molar-refractivity contribution in [3.05, 3.63) is 129 Å². The molecular weight excluding hydrogens is 508 g/mol. The summed E-state index contributed by atoms with van der Waals surface area (Å²) in [6.45, 7) is 2.06. The van der Waals surface area contributed by atoms with E-state index in [0.717, 1.165) is 16.6 Å². The van der Waals surface area contributed by atoms with Crippen molar-refractivity contribution >= 4 is 28.4 Å². The van der Waals surface area contributed by atoms with Crippen LogP contribution in [0.2, 0.25) is 0 Å². The van der Waals surface area contributed by atoms with Crippen LogP contribution in [0.25, 0.3) is 16.6 Å². The number of nitrogens with one attached hydrogen (secondary N) is 2. The van der Waals surface area contributed by atoms with Crippen molar-refractivity contribution < 1.29 is 14.0 Å². The first-order valence-electron chi connectivity index (χ1n) is 12.9. The molecular formula is C31H28N4O5. The molecule has 0 unspecified atom stereocenters. The molecule has 5 rings (SSSR count). The van der Waals surface area contributed by atoms with E-state index in [1.165, 1.54) is 4.57 Å². The molecule has 0 aliphatic rings. The Balaban J connectivity index is 1.40. The summed E-state index contributed by atoms with van der Waals surface area (Å²) >= 11 is 0. The van der Waals surface area contributed by atoms with Gasteiger partial charge in [-0.05, 0) is 66.1 Å². The third-order valence-corrected chi connectivity index (χ3v) is 6.60. The Bertz CT molecular complexity index is 1770. The number of rotatable bonds is 9. The number of anilines is 1. The second-order valence-corrected chi connectivity index (χ2v) is 9.32. The summed E-state index contributed by atoms with van der Waals surface area (Å²) in [5, 5.41) is 5.92. The molecule has 2 aromatic heterocycles. The van der Waals surface area contributed by atoms with Crippen LogP contribution in [0, 0.1) is 0 Å². The number of nitrogens with zero attached hydrogens (tertiary/aromatic N) is 2. The average Bonchev–Trinajstić information content (AvgIpc) is 3.49. The molecule has 0 atom stereocenters. The first-order valence-corrected chi connectivity index (χ1v) is 12.9. The number of carbonyl (C=O) groups excluding carboxylic acids is 2. The molecule has 0 aliphatic carbocycles. The summed E-state index contributed by atoms with van der Waals surface area (Å²) < 4.78 is 7.56. The van der Waals surface area contributed by atoms with Crippen molar-refractivity contribution in [3.63, 3.8) is 0 Å². The molecule has 3 aromatic carbocycles. The van der Waals surface area contributed by atoms with Gasteiger partial charge >= 0.3 is 5.69 Å². The van der Waals surface area contributed by atoms with E-state index in [2.05, 4.69) is 17.6 Å². The average molecular weight is 537 g/mol. The molecule has 0 saturated heterocycles. The number of hydrogen-bond donors (Lipinski definition) is 2. The number of furan rings is 1. The Kier molecular flexibility index (Phi) is 7.72. The minimum Gasteiger partial charge on any atom is -0.467 e. The van der Waals surface area contributed by atoms with Crippen molar-refractivity contribution in [1.82, 2.24) is 14.5 Å². The van der Waals surface area contributed by atoms with Gasteiger partial charge in [0.25, 0.3) is 5.56 Å². The normalized spacial score (nSPS) is 10.9. The van der Waals surface area contributed by atoms with E-state index < -0.39 is 17.2 Å². The first kappa shape index (κ1) is 26.4.